The van der Waals surface area contributed by atoms with Crippen molar-refractivity contribution in [3.63, 3.8) is 0 Å². The normalized spacial score (nSPS) is 11.2. The molecule has 3 aromatic rings. The third-order valence-electron chi connectivity index (χ3n) is 3.83. The van der Waals surface area contributed by atoms with Gasteiger partial charge in [-0.15, -0.1) is 0 Å². The maximum absolute atomic E-state index is 9.82. The molecular weight excluding hydrogens is 340 g/mol. The molecule has 1 N–H and O–H groups in total. The fraction of sp³-hybridized carbons (Fsp3) is 0.0909. The van der Waals surface area contributed by atoms with Crippen LogP contribution >= 0.6 is 0 Å². The molecule has 0 fully saturated rings. The molecule has 0 bridgehead atoms. The number of hydrogen-bond donors (Lipinski definition) is 1. The maximum Gasteiger partial charge on any atom is 0.314 e. The highest BCUT2D eigenvalue weighted by molar-refractivity contribution is 5.72. The molecule has 0 spiro atoms. The van der Waals surface area contributed by atoms with Crippen LogP contribution in [0.25, 0.3) is 24.3 Å². The Balaban J connectivity index is 1.81. The molecule has 5 nitrogen and oxygen atoms in total. The first-order valence-electron chi connectivity index (χ1n) is 8.38. The highest BCUT2D eigenvalue weighted by Crippen LogP contribution is 2.18. The fourth-order valence-corrected chi connectivity index (χ4v) is 2.50. The van der Waals surface area contributed by atoms with Crippen LogP contribution in [0, 0.1) is 0 Å². The molecule has 0 atom stereocenters. The highest BCUT2D eigenvalue weighted by atomic mass is 16.5. The van der Waals surface area contributed by atoms with E-state index in [9.17, 15) is 5.11 Å². The third-order valence-corrected chi connectivity index (χ3v) is 3.83. The van der Waals surface area contributed by atoms with Crippen LogP contribution in [-0.2, 0) is 0 Å². The molecule has 1 aromatic heterocycles. The minimum absolute atomic E-state index is 0.270. The molecule has 0 aliphatic rings. The summed E-state index contributed by atoms with van der Waals surface area (Å²) in [5, 5.41) is 9.82. The molecule has 0 radical (unpaired) electrons. The lowest BCUT2D eigenvalue weighted by molar-refractivity contribution is 0.414. The van der Waals surface area contributed by atoms with Crippen molar-refractivity contribution in [2.45, 2.75) is 0 Å². The standard InChI is InChI=1S/C22H20N2O3/c1-26-20-7-3-5-16(13-20)9-11-18-15-19(24-22(25)23-18)12-10-17-6-4-8-21(14-17)27-2/h3-15H,1-2H3,(H,23,24,25). The second-order valence-corrected chi connectivity index (χ2v) is 5.74. The zero-order valence-corrected chi connectivity index (χ0v) is 15.2. The van der Waals surface area contributed by atoms with Crippen LogP contribution in [0.1, 0.15) is 22.5 Å². The van der Waals surface area contributed by atoms with Crippen molar-refractivity contribution in [3.05, 3.63) is 77.1 Å². The van der Waals surface area contributed by atoms with E-state index >= 15 is 0 Å². The van der Waals surface area contributed by atoms with Gasteiger partial charge in [0.2, 0.25) is 0 Å². The second-order valence-electron chi connectivity index (χ2n) is 5.74. The SMILES string of the molecule is COc1cccc(C=Cc2cc(C=Cc3cccc(OC)c3)nc(O)n2)c1. The number of hydrogen-bond acceptors (Lipinski definition) is 5. The highest BCUT2D eigenvalue weighted by Gasteiger charge is 2.00. The number of rotatable bonds is 6. The number of ether oxygens (including phenoxy) is 2. The summed E-state index contributed by atoms with van der Waals surface area (Å²) in [5.74, 6) is 1.56. The first kappa shape index (κ1) is 18.2. The number of benzene rings is 2. The second kappa shape index (κ2) is 8.67. The van der Waals surface area contributed by atoms with Gasteiger partial charge in [0.25, 0.3) is 0 Å². The van der Waals surface area contributed by atoms with Gasteiger partial charge in [0.15, 0.2) is 0 Å². The molecule has 0 saturated heterocycles. The quantitative estimate of drug-likeness (QED) is 0.699. The Hall–Kier alpha value is -3.60. The van der Waals surface area contributed by atoms with Crippen molar-refractivity contribution in [2.75, 3.05) is 14.2 Å². The number of aromatic hydroxyl groups is 1. The average Bonchev–Trinajstić information content (AvgIpc) is 2.71. The first-order chi connectivity index (χ1) is 13.2. The van der Waals surface area contributed by atoms with Gasteiger partial charge in [-0.25, -0.2) is 0 Å². The van der Waals surface area contributed by atoms with Gasteiger partial charge in [0.1, 0.15) is 11.5 Å². The Kier molecular flexibility index (Phi) is 5.84. The Morgan fingerprint density at radius 2 is 1.19 bits per heavy atom. The molecular formula is C22H20N2O3. The Labute approximate surface area is 158 Å². The average molecular weight is 360 g/mol. The molecule has 0 aliphatic heterocycles. The summed E-state index contributed by atoms with van der Waals surface area (Å²) < 4.78 is 10.4. The topological polar surface area (TPSA) is 64.5 Å². The lowest BCUT2D eigenvalue weighted by atomic mass is 10.1. The van der Waals surface area contributed by atoms with E-state index in [1.165, 1.54) is 0 Å². The van der Waals surface area contributed by atoms with Crippen molar-refractivity contribution in [3.8, 4) is 17.5 Å². The monoisotopic (exact) mass is 360 g/mol. The Morgan fingerprint density at radius 3 is 1.63 bits per heavy atom. The van der Waals surface area contributed by atoms with Gasteiger partial charge in [-0.1, -0.05) is 36.4 Å². The minimum Gasteiger partial charge on any atom is -0.497 e. The summed E-state index contributed by atoms with van der Waals surface area (Å²) in [6.07, 6.45) is 7.44. The molecule has 0 aliphatic carbocycles. The predicted octanol–water partition coefficient (Wildman–Crippen LogP) is 4.54. The van der Waals surface area contributed by atoms with E-state index in [-0.39, 0.29) is 6.01 Å². The molecule has 5 heteroatoms. The molecule has 1 heterocycles. The maximum atomic E-state index is 9.82. The van der Waals surface area contributed by atoms with Crippen LogP contribution in [0.4, 0.5) is 0 Å². The number of methoxy groups -OCH3 is 2. The van der Waals surface area contributed by atoms with Gasteiger partial charge in [-0.05, 0) is 53.6 Å². The van der Waals surface area contributed by atoms with E-state index in [4.69, 9.17) is 9.47 Å². The van der Waals surface area contributed by atoms with Gasteiger partial charge < -0.3 is 14.6 Å². The smallest absolute Gasteiger partial charge is 0.314 e. The minimum atomic E-state index is -0.270. The summed E-state index contributed by atoms with van der Waals surface area (Å²) in [4.78, 5) is 8.09. The van der Waals surface area contributed by atoms with Gasteiger partial charge in [-0.3, -0.25) is 0 Å². The summed E-state index contributed by atoms with van der Waals surface area (Å²) in [7, 11) is 3.26. The van der Waals surface area contributed by atoms with E-state index in [2.05, 4.69) is 9.97 Å². The van der Waals surface area contributed by atoms with E-state index in [1.54, 1.807) is 20.3 Å². The van der Waals surface area contributed by atoms with Crippen LogP contribution in [0.5, 0.6) is 17.5 Å². The number of aromatic nitrogens is 2. The zero-order chi connectivity index (χ0) is 19.1. The van der Waals surface area contributed by atoms with Gasteiger partial charge in [0.05, 0.1) is 25.6 Å². The van der Waals surface area contributed by atoms with Crippen molar-refractivity contribution < 1.29 is 14.6 Å². The summed E-state index contributed by atoms with van der Waals surface area (Å²) >= 11 is 0. The van der Waals surface area contributed by atoms with Gasteiger partial charge in [-0.2, -0.15) is 9.97 Å². The predicted molar refractivity (Wildman–Crippen MR) is 108 cm³/mol. The van der Waals surface area contributed by atoms with Crippen LogP contribution in [0.3, 0.4) is 0 Å². The molecule has 0 unspecified atom stereocenters. The van der Waals surface area contributed by atoms with E-state index in [1.807, 2.05) is 72.8 Å². The summed E-state index contributed by atoms with van der Waals surface area (Å²) in [6, 6.07) is 16.9. The first-order valence-corrected chi connectivity index (χ1v) is 8.38. The van der Waals surface area contributed by atoms with Gasteiger partial charge >= 0.3 is 6.01 Å². The molecule has 3 rings (SSSR count). The van der Waals surface area contributed by atoms with Crippen LogP contribution in [0.15, 0.2) is 54.6 Å². The zero-order valence-electron chi connectivity index (χ0n) is 15.2. The lowest BCUT2D eigenvalue weighted by Crippen LogP contribution is -1.89. The Morgan fingerprint density at radius 1 is 0.704 bits per heavy atom. The van der Waals surface area contributed by atoms with Crippen LogP contribution in [0.2, 0.25) is 0 Å². The van der Waals surface area contributed by atoms with E-state index < -0.39 is 0 Å². The molecule has 0 saturated carbocycles. The lowest BCUT2D eigenvalue weighted by Gasteiger charge is -2.01. The number of nitrogens with zero attached hydrogens (tertiary/aromatic N) is 2. The molecule has 2 aromatic carbocycles. The third kappa shape index (κ3) is 5.19. The summed E-state index contributed by atoms with van der Waals surface area (Å²) in [6.45, 7) is 0. The molecule has 136 valence electrons. The van der Waals surface area contributed by atoms with Crippen molar-refractivity contribution in [1.82, 2.24) is 9.97 Å². The molecule has 0 amide bonds. The van der Waals surface area contributed by atoms with E-state index in [0.29, 0.717) is 11.4 Å². The van der Waals surface area contributed by atoms with Crippen LogP contribution in [-0.4, -0.2) is 29.3 Å². The van der Waals surface area contributed by atoms with Crippen molar-refractivity contribution >= 4 is 24.3 Å². The van der Waals surface area contributed by atoms with Crippen molar-refractivity contribution in [2.24, 2.45) is 0 Å². The Bertz CT molecular complexity index is 905. The summed E-state index contributed by atoms with van der Waals surface area (Å²) in [5.41, 5.74) is 3.16. The van der Waals surface area contributed by atoms with E-state index in [0.717, 1.165) is 22.6 Å². The molecule has 27 heavy (non-hydrogen) atoms. The largest absolute Gasteiger partial charge is 0.497 e. The van der Waals surface area contributed by atoms with Crippen molar-refractivity contribution in [1.29, 1.82) is 0 Å². The fourth-order valence-electron chi connectivity index (χ4n) is 2.50. The van der Waals surface area contributed by atoms with Crippen LogP contribution < -0.4 is 9.47 Å². The van der Waals surface area contributed by atoms with Gasteiger partial charge in [0, 0.05) is 0 Å².